The van der Waals surface area contributed by atoms with E-state index in [1.54, 1.807) is 0 Å². The van der Waals surface area contributed by atoms with Gasteiger partial charge in [0, 0.05) is 17.1 Å². The van der Waals surface area contributed by atoms with Crippen molar-refractivity contribution >= 4 is 39.8 Å². The van der Waals surface area contributed by atoms with Gasteiger partial charge in [0.25, 0.3) is 0 Å². The Morgan fingerprint density at radius 2 is 1.39 bits per heavy atom. The number of anilines is 1. The third-order valence-corrected chi connectivity index (χ3v) is 9.38. The first-order valence-corrected chi connectivity index (χ1v) is 16.4. The average molecular weight is 576 g/mol. The predicted molar refractivity (Wildman–Crippen MR) is 194 cm³/mol. The normalized spacial score (nSPS) is 16.8. The van der Waals surface area contributed by atoms with Gasteiger partial charge in [-0.2, -0.15) is 0 Å². The van der Waals surface area contributed by atoms with Crippen LogP contribution in [0.15, 0.2) is 120 Å². The molecule has 0 atom stereocenters. The van der Waals surface area contributed by atoms with Crippen molar-refractivity contribution in [3.05, 3.63) is 147 Å². The van der Waals surface area contributed by atoms with Crippen LogP contribution in [-0.2, 0) is 0 Å². The SMILES string of the molecule is C=C(C(/C=C\CC)=C/C)N(C1=CC=C(c2c3c(c(C4=CC=C(C)CC4)c4ccccc24)=CCCC=3)CC1)c1ccccc1C. The fourth-order valence-corrected chi connectivity index (χ4v) is 7.04. The van der Waals surface area contributed by atoms with Gasteiger partial charge in [-0.3, -0.25) is 0 Å². The van der Waals surface area contributed by atoms with Crippen LogP contribution in [0.2, 0.25) is 0 Å². The second-order valence-electron chi connectivity index (χ2n) is 12.3. The van der Waals surface area contributed by atoms with E-state index in [2.05, 4.69) is 142 Å². The van der Waals surface area contributed by atoms with Gasteiger partial charge in [0.2, 0.25) is 0 Å². The summed E-state index contributed by atoms with van der Waals surface area (Å²) in [6, 6.07) is 17.8. The number of nitrogens with zero attached hydrogens (tertiary/aromatic N) is 1. The van der Waals surface area contributed by atoms with Gasteiger partial charge < -0.3 is 4.90 Å². The second-order valence-corrected chi connectivity index (χ2v) is 12.3. The second kappa shape index (κ2) is 13.1. The number of aryl methyl sites for hydroxylation is 1. The summed E-state index contributed by atoms with van der Waals surface area (Å²) >= 11 is 0. The Kier molecular flexibility index (Phi) is 8.84. The molecule has 3 aromatic carbocycles. The number of para-hydroxylation sites is 1. The molecule has 0 aromatic heterocycles. The smallest absolute Gasteiger partial charge is 0.0487 e. The molecule has 6 rings (SSSR count). The summed E-state index contributed by atoms with van der Waals surface area (Å²) in [7, 11) is 0. The van der Waals surface area contributed by atoms with Crippen LogP contribution in [0.1, 0.15) is 82.4 Å². The Balaban J connectivity index is 1.51. The molecule has 0 amide bonds. The van der Waals surface area contributed by atoms with Crippen molar-refractivity contribution in [1.82, 2.24) is 0 Å². The van der Waals surface area contributed by atoms with Crippen LogP contribution in [0.3, 0.4) is 0 Å². The van der Waals surface area contributed by atoms with E-state index in [4.69, 9.17) is 0 Å². The number of rotatable bonds is 8. The average Bonchev–Trinajstić information content (AvgIpc) is 3.06. The minimum atomic E-state index is 0.956. The van der Waals surface area contributed by atoms with Gasteiger partial charge in [-0.15, -0.1) is 0 Å². The minimum absolute atomic E-state index is 0.956. The zero-order chi connectivity index (χ0) is 30.6. The van der Waals surface area contributed by atoms with Crippen LogP contribution in [0.25, 0.3) is 34.1 Å². The van der Waals surface area contributed by atoms with Crippen molar-refractivity contribution < 1.29 is 0 Å². The van der Waals surface area contributed by atoms with Crippen molar-refractivity contribution in [2.24, 2.45) is 0 Å². The maximum atomic E-state index is 4.63. The number of hydrogen-bond acceptors (Lipinski definition) is 1. The molecular formula is C43H45N. The molecule has 1 heteroatoms. The van der Waals surface area contributed by atoms with E-state index in [0.29, 0.717) is 0 Å². The first kappa shape index (κ1) is 29.7. The van der Waals surface area contributed by atoms with E-state index in [1.807, 2.05) is 0 Å². The van der Waals surface area contributed by atoms with Gasteiger partial charge in [-0.05, 0) is 132 Å². The van der Waals surface area contributed by atoms with Crippen molar-refractivity contribution in [3.63, 3.8) is 0 Å². The molecule has 44 heavy (non-hydrogen) atoms. The molecule has 1 nitrogen and oxygen atoms in total. The summed E-state index contributed by atoms with van der Waals surface area (Å²) in [6.07, 6.45) is 28.5. The first-order chi connectivity index (χ1) is 21.5. The Morgan fingerprint density at radius 1 is 0.773 bits per heavy atom. The highest BCUT2D eigenvalue weighted by atomic mass is 15.2. The highest BCUT2D eigenvalue weighted by Gasteiger charge is 2.23. The quantitative estimate of drug-likeness (QED) is 0.242. The number of allylic oxidation sites excluding steroid dienone is 11. The molecule has 0 bridgehead atoms. The Morgan fingerprint density at radius 3 is 1.93 bits per heavy atom. The van der Waals surface area contributed by atoms with Gasteiger partial charge in [0.05, 0.1) is 0 Å². The van der Waals surface area contributed by atoms with E-state index in [9.17, 15) is 0 Å². The summed E-state index contributed by atoms with van der Waals surface area (Å²) in [5, 5.41) is 5.64. The molecule has 0 saturated carbocycles. The highest BCUT2D eigenvalue weighted by molar-refractivity contribution is 6.02. The fourth-order valence-electron chi connectivity index (χ4n) is 7.04. The fraction of sp³-hybridized carbons (Fsp3) is 0.256. The van der Waals surface area contributed by atoms with Crippen LogP contribution in [-0.4, -0.2) is 0 Å². The zero-order valence-corrected chi connectivity index (χ0v) is 26.9. The molecule has 0 aliphatic heterocycles. The number of fused-ring (bicyclic) bond motifs is 2. The minimum Gasteiger partial charge on any atom is -0.314 e. The molecular weight excluding hydrogens is 530 g/mol. The van der Waals surface area contributed by atoms with Crippen LogP contribution in [0.5, 0.6) is 0 Å². The topological polar surface area (TPSA) is 3.24 Å². The molecule has 3 aliphatic carbocycles. The number of benzene rings is 3. The van der Waals surface area contributed by atoms with Crippen LogP contribution >= 0.6 is 0 Å². The third-order valence-electron chi connectivity index (χ3n) is 9.38. The Hall–Kier alpha value is -4.36. The van der Waals surface area contributed by atoms with Crippen molar-refractivity contribution in [2.75, 3.05) is 4.90 Å². The third kappa shape index (κ3) is 5.64. The lowest BCUT2D eigenvalue weighted by molar-refractivity contribution is 0.906. The molecule has 0 radical (unpaired) electrons. The molecule has 0 unspecified atom stereocenters. The summed E-state index contributed by atoms with van der Waals surface area (Å²) in [5.41, 5.74) is 13.2. The summed E-state index contributed by atoms with van der Waals surface area (Å²) < 4.78 is 0. The maximum Gasteiger partial charge on any atom is 0.0487 e. The molecule has 0 saturated heterocycles. The van der Waals surface area contributed by atoms with Gasteiger partial charge in [-0.25, -0.2) is 0 Å². The lowest BCUT2D eigenvalue weighted by atomic mass is 9.82. The van der Waals surface area contributed by atoms with E-state index >= 15 is 0 Å². The van der Waals surface area contributed by atoms with E-state index in [0.717, 1.165) is 56.2 Å². The molecule has 0 N–H and O–H groups in total. The molecule has 222 valence electrons. The maximum absolute atomic E-state index is 4.63. The monoisotopic (exact) mass is 575 g/mol. The van der Waals surface area contributed by atoms with Gasteiger partial charge >= 0.3 is 0 Å². The van der Waals surface area contributed by atoms with Crippen LogP contribution in [0, 0.1) is 6.92 Å². The first-order valence-electron chi connectivity index (χ1n) is 16.4. The molecule has 0 spiro atoms. The molecule has 0 fully saturated rings. The lowest BCUT2D eigenvalue weighted by Crippen LogP contribution is -2.34. The molecule has 3 aliphatic rings. The van der Waals surface area contributed by atoms with Gasteiger partial charge in [-0.1, -0.05) is 110 Å². The molecule has 3 aromatic rings. The zero-order valence-electron chi connectivity index (χ0n) is 26.9. The summed E-state index contributed by atoms with van der Waals surface area (Å²) in [6.45, 7) is 13.4. The van der Waals surface area contributed by atoms with Gasteiger partial charge in [0.15, 0.2) is 0 Å². The molecule has 0 heterocycles. The van der Waals surface area contributed by atoms with E-state index in [-0.39, 0.29) is 0 Å². The standard InChI is InChI=1S/C43H45N/c1-6-8-16-33(7-2)32(5)44(41-21-14-9-15-31(41)4)36-28-26-35(27-29-36)43-39-19-12-10-17-37(39)42(34-24-22-30(3)23-25-34)38-18-11-13-20-40(38)43/h7-10,12,14-22,24,26,28H,5-6,11,13,23,25,27,29H2,1-4H3/b16-8-,33-7+. The van der Waals surface area contributed by atoms with E-state index in [1.165, 1.54) is 66.0 Å². The van der Waals surface area contributed by atoms with Crippen LogP contribution < -0.4 is 15.3 Å². The summed E-state index contributed by atoms with van der Waals surface area (Å²) in [4.78, 5) is 2.39. The Labute approximate surface area is 264 Å². The highest BCUT2D eigenvalue weighted by Crippen LogP contribution is 2.38. The largest absolute Gasteiger partial charge is 0.314 e. The number of hydrogen-bond donors (Lipinski definition) is 0. The van der Waals surface area contributed by atoms with Crippen molar-refractivity contribution in [3.8, 4) is 0 Å². The van der Waals surface area contributed by atoms with Crippen LogP contribution in [0.4, 0.5) is 5.69 Å². The summed E-state index contributed by atoms with van der Waals surface area (Å²) in [5.74, 6) is 0. The van der Waals surface area contributed by atoms with Crippen molar-refractivity contribution in [1.29, 1.82) is 0 Å². The lowest BCUT2D eigenvalue weighted by Gasteiger charge is -2.33. The predicted octanol–water partition coefficient (Wildman–Crippen LogP) is 10.6. The van der Waals surface area contributed by atoms with E-state index < -0.39 is 0 Å². The van der Waals surface area contributed by atoms with Gasteiger partial charge in [0.1, 0.15) is 0 Å². The van der Waals surface area contributed by atoms with Crippen molar-refractivity contribution in [2.45, 2.75) is 72.6 Å². The Bertz CT molecular complexity index is 1930.